The summed E-state index contributed by atoms with van der Waals surface area (Å²) in [5.41, 5.74) is 2.56. The summed E-state index contributed by atoms with van der Waals surface area (Å²) in [5, 5.41) is 2.33. The van der Waals surface area contributed by atoms with Gasteiger partial charge < -0.3 is 9.64 Å². The van der Waals surface area contributed by atoms with Crippen LogP contribution < -0.4 is 19.9 Å². The van der Waals surface area contributed by atoms with Crippen LogP contribution >= 0.6 is 12.2 Å². The van der Waals surface area contributed by atoms with Crippen LogP contribution in [0.5, 0.6) is 5.75 Å². The maximum absolute atomic E-state index is 14.4. The van der Waals surface area contributed by atoms with Crippen molar-refractivity contribution in [1.29, 1.82) is 0 Å². The fourth-order valence-electron chi connectivity index (χ4n) is 4.57. The van der Waals surface area contributed by atoms with Crippen molar-refractivity contribution >= 4 is 46.6 Å². The second-order valence-corrected chi connectivity index (χ2v) is 9.43. The van der Waals surface area contributed by atoms with Gasteiger partial charge in [0.25, 0.3) is 11.8 Å². The van der Waals surface area contributed by atoms with Crippen LogP contribution in [0.3, 0.4) is 0 Å². The number of methoxy groups -OCH3 is 1. The van der Waals surface area contributed by atoms with E-state index in [9.17, 15) is 14.0 Å². The van der Waals surface area contributed by atoms with Gasteiger partial charge in [-0.25, -0.2) is 9.29 Å². The van der Waals surface area contributed by atoms with E-state index in [2.05, 4.69) is 31.0 Å². The molecule has 2 aliphatic heterocycles. The zero-order valence-corrected chi connectivity index (χ0v) is 20.0. The first kappa shape index (κ1) is 22.9. The molecule has 6 nitrogen and oxygen atoms in total. The van der Waals surface area contributed by atoms with Crippen LogP contribution in [0.2, 0.25) is 0 Å². The molecular weight excluding hydrogens is 441 g/mol. The highest BCUT2D eigenvalue weighted by Gasteiger charge is 2.37. The Kier molecular flexibility index (Phi) is 5.74. The number of nitrogens with zero attached hydrogens (tertiary/aromatic N) is 2. The summed E-state index contributed by atoms with van der Waals surface area (Å²) in [4.78, 5) is 29.2. The van der Waals surface area contributed by atoms with Crippen LogP contribution in [0.25, 0.3) is 6.08 Å². The zero-order chi connectivity index (χ0) is 24.1. The average molecular weight is 468 g/mol. The Bertz CT molecular complexity index is 1210. The monoisotopic (exact) mass is 467 g/mol. The second kappa shape index (κ2) is 8.26. The van der Waals surface area contributed by atoms with Gasteiger partial charge in [0.1, 0.15) is 17.1 Å². The molecule has 4 rings (SSSR count). The Labute approximate surface area is 198 Å². The summed E-state index contributed by atoms with van der Waals surface area (Å²) in [6.07, 6.45) is 2.44. The Morgan fingerprint density at radius 3 is 2.58 bits per heavy atom. The summed E-state index contributed by atoms with van der Waals surface area (Å²) < 4.78 is 20.0. The molecule has 33 heavy (non-hydrogen) atoms. The third kappa shape index (κ3) is 3.88. The van der Waals surface area contributed by atoms with Crippen LogP contribution in [-0.4, -0.2) is 36.6 Å². The number of amides is 2. The van der Waals surface area contributed by atoms with Gasteiger partial charge in [0.15, 0.2) is 5.11 Å². The van der Waals surface area contributed by atoms with E-state index in [1.54, 1.807) is 13.2 Å². The molecule has 8 heteroatoms. The largest absolute Gasteiger partial charge is 0.496 e. The van der Waals surface area contributed by atoms with Crippen molar-refractivity contribution in [1.82, 2.24) is 5.32 Å². The van der Waals surface area contributed by atoms with E-state index in [1.807, 2.05) is 19.2 Å². The first-order chi connectivity index (χ1) is 15.5. The van der Waals surface area contributed by atoms with Crippen LogP contribution in [0.15, 0.2) is 42.0 Å². The van der Waals surface area contributed by atoms with E-state index in [4.69, 9.17) is 17.0 Å². The van der Waals surface area contributed by atoms with Gasteiger partial charge in [0.2, 0.25) is 0 Å². The molecule has 1 saturated heterocycles. The summed E-state index contributed by atoms with van der Waals surface area (Å²) in [7, 11) is 3.60. The molecule has 1 fully saturated rings. The van der Waals surface area contributed by atoms with Crippen molar-refractivity contribution in [2.75, 3.05) is 24.0 Å². The SMILES string of the molecule is COc1cc2c(cc1/C=C1/C(=O)NC(=S)N(c3ccccc3F)C1=O)C(C)CC(C)(C)N2C. The van der Waals surface area contributed by atoms with E-state index in [-0.39, 0.29) is 27.8 Å². The number of nitrogens with one attached hydrogen (secondary N) is 1. The number of benzene rings is 2. The normalized spacial score (nSPS) is 21.2. The molecule has 172 valence electrons. The van der Waals surface area contributed by atoms with Crippen molar-refractivity contribution in [3.8, 4) is 5.75 Å². The fourth-order valence-corrected chi connectivity index (χ4v) is 4.84. The minimum atomic E-state index is -0.695. The maximum Gasteiger partial charge on any atom is 0.270 e. The third-order valence-corrected chi connectivity index (χ3v) is 6.76. The minimum absolute atomic E-state index is 0.0201. The van der Waals surface area contributed by atoms with Crippen molar-refractivity contribution in [2.24, 2.45) is 0 Å². The zero-order valence-electron chi connectivity index (χ0n) is 19.2. The molecule has 2 aliphatic rings. The number of hydrogen-bond acceptors (Lipinski definition) is 5. The summed E-state index contributed by atoms with van der Waals surface area (Å²) >= 11 is 5.17. The molecule has 2 aromatic rings. The number of ether oxygens (including phenoxy) is 1. The van der Waals surface area contributed by atoms with Gasteiger partial charge in [-0.2, -0.15) is 0 Å². The Morgan fingerprint density at radius 2 is 1.91 bits per heavy atom. The standard InChI is InChI=1S/C25H26FN3O3S/c1-14-13-25(2,3)28(4)20-12-21(32-5)15(10-16(14)20)11-17-22(30)27-24(33)29(23(17)31)19-9-7-6-8-18(19)26/h6-12,14H,13H2,1-5H3,(H,27,30,33)/b17-11-. The lowest BCUT2D eigenvalue weighted by molar-refractivity contribution is -0.122. The Morgan fingerprint density at radius 1 is 1.21 bits per heavy atom. The lowest BCUT2D eigenvalue weighted by Gasteiger charge is -2.45. The summed E-state index contributed by atoms with van der Waals surface area (Å²) in [6.45, 7) is 6.55. The molecule has 0 saturated carbocycles. The lowest BCUT2D eigenvalue weighted by Crippen LogP contribution is -2.54. The van der Waals surface area contributed by atoms with Crippen LogP contribution in [0, 0.1) is 5.82 Å². The highest BCUT2D eigenvalue weighted by atomic mass is 32.1. The van der Waals surface area contributed by atoms with Gasteiger partial charge in [0, 0.05) is 29.9 Å². The molecule has 2 amide bonds. The number of carbonyl (C=O) groups excluding carboxylic acids is 2. The average Bonchev–Trinajstić information content (AvgIpc) is 2.75. The summed E-state index contributed by atoms with van der Waals surface area (Å²) in [5.74, 6) is -1.14. The van der Waals surface area contributed by atoms with Gasteiger partial charge in [-0.3, -0.25) is 14.9 Å². The third-order valence-electron chi connectivity index (χ3n) is 6.48. The number of hydrogen-bond donors (Lipinski definition) is 1. The Balaban J connectivity index is 1.82. The molecule has 0 aliphatic carbocycles. The molecule has 0 spiro atoms. The van der Waals surface area contributed by atoms with Crippen molar-refractivity contribution < 1.29 is 18.7 Å². The van der Waals surface area contributed by atoms with Gasteiger partial charge in [-0.1, -0.05) is 19.1 Å². The predicted molar refractivity (Wildman–Crippen MR) is 131 cm³/mol. The van der Waals surface area contributed by atoms with E-state index >= 15 is 0 Å². The minimum Gasteiger partial charge on any atom is -0.496 e. The van der Waals surface area contributed by atoms with Crippen LogP contribution in [0.4, 0.5) is 15.8 Å². The highest BCUT2D eigenvalue weighted by Crippen LogP contribution is 2.45. The number of halogens is 1. The van der Waals surface area contributed by atoms with E-state index in [1.165, 1.54) is 24.3 Å². The number of fused-ring (bicyclic) bond motifs is 1. The van der Waals surface area contributed by atoms with Crippen LogP contribution in [-0.2, 0) is 9.59 Å². The topological polar surface area (TPSA) is 61.9 Å². The second-order valence-electron chi connectivity index (χ2n) is 9.04. The molecule has 1 unspecified atom stereocenters. The number of rotatable bonds is 3. The number of para-hydroxylation sites is 1. The molecule has 0 radical (unpaired) electrons. The van der Waals surface area contributed by atoms with Gasteiger partial charge in [-0.05, 0) is 68.2 Å². The first-order valence-electron chi connectivity index (χ1n) is 10.7. The van der Waals surface area contributed by atoms with Gasteiger partial charge in [-0.15, -0.1) is 0 Å². The number of carbonyl (C=O) groups is 2. The maximum atomic E-state index is 14.4. The molecule has 1 N–H and O–H groups in total. The molecule has 2 aromatic carbocycles. The predicted octanol–water partition coefficient (Wildman–Crippen LogP) is 4.39. The van der Waals surface area contributed by atoms with E-state index in [0.717, 1.165) is 22.6 Å². The molecule has 2 heterocycles. The van der Waals surface area contributed by atoms with Gasteiger partial charge in [0.05, 0.1) is 12.8 Å². The van der Waals surface area contributed by atoms with E-state index in [0.29, 0.717) is 11.3 Å². The van der Waals surface area contributed by atoms with E-state index < -0.39 is 17.6 Å². The van der Waals surface area contributed by atoms with Crippen LogP contribution in [0.1, 0.15) is 44.2 Å². The summed E-state index contributed by atoms with van der Waals surface area (Å²) in [6, 6.07) is 9.68. The molecular formula is C25H26FN3O3S. The van der Waals surface area contributed by atoms with Crippen molar-refractivity contribution in [3.63, 3.8) is 0 Å². The van der Waals surface area contributed by atoms with Crippen molar-refractivity contribution in [3.05, 3.63) is 58.9 Å². The highest BCUT2D eigenvalue weighted by molar-refractivity contribution is 7.80. The Hall–Kier alpha value is -3.26. The van der Waals surface area contributed by atoms with Gasteiger partial charge >= 0.3 is 0 Å². The number of thiocarbonyl (C=S) groups is 1. The molecule has 0 aromatic heterocycles. The van der Waals surface area contributed by atoms with Crippen molar-refractivity contribution in [2.45, 2.75) is 38.6 Å². The first-order valence-corrected chi connectivity index (χ1v) is 11.1. The molecule has 0 bridgehead atoms. The lowest BCUT2D eigenvalue weighted by atomic mass is 9.79. The smallest absolute Gasteiger partial charge is 0.270 e. The fraction of sp³-hybridized carbons (Fsp3) is 0.320. The quantitative estimate of drug-likeness (QED) is 0.412. The molecule has 1 atom stereocenters. The number of anilines is 2.